The Kier molecular flexibility index (Phi) is 5.07. The number of carbonyl (C=O) groups is 2. The number of hydrogen-bond donors (Lipinski definition) is 3. The van der Waals surface area contributed by atoms with E-state index in [9.17, 15) is 27.2 Å². The van der Waals surface area contributed by atoms with Gasteiger partial charge in [-0.1, -0.05) is 12.1 Å². The van der Waals surface area contributed by atoms with Crippen molar-refractivity contribution in [3.05, 3.63) is 29.3 Å². The average molecular weight is 479 g/mol. The van der Waals surface area contributed by atoms with Crippen LogP contribution in [0.15, 0.2) is 18.2 Å². The number of halogens is 4. The van der Waals surface area contributed by atoms with Crippen LogP contribution < -0.4 is 16.8 Å². The van der Waals surface area contributed by atoms with Crippen LogP contribution in [0.2, 0.25) is 0 Å². The lowest BCUT2D eigenvalue weighted by Crippen LogP contribution is -2.44. The fourth-order valence-corrected chi connectivity index (χ4v) is 3.83. The highest BCUT2D eigenvalue weighted by Crippen LogP contribution is 2.41. The van der Waals surface area contributed by atoms with Crippen LogP contribution in [-0.2, 0) is 21.5 Å². The third-order valence-corrected chi connectivity index (χ3v) is 6.12. The maximum Gasteiger partial charge on any atom is 0.422 e. The van der Waals surface area contributed by atoms with Crippen LogP contribution in [0.5, 0.6) is 0 Å². The lowest BCUT2D eigenvalue weighted by Gasteiger charge is -2.23. The molecule has 2 amide bonds. The van der Waals surface area contributed by atoms with Crippen LogP contribution in [0.4, 0.5) is 29.2 Å². The third-order valence-electron chi connectivity index (χ3n) is 6.12. The molecule has 34 heavy (non-hydrogen) atoms. The van der Waals surface area contributed by atoms with Crippen molar-refractivity contribution in [3.8, 4) is 11.5 Å². The number of benzene rings is 1. The molecule has 3 aromatic rings. The van der Waals surface area contributed by atoms with Crippen molar-refractivity contribution in [2.75, 3.05) is 11.1 Å². The first-order valence-electron chi connectivity index (χ1n) is 10.2. The molecule has 13 heteroatoms. The van der Waals surface area contributed by atoms with Gasteiger partial charge in [0.05, 0.1) is 11.1 Å². The Balaban J connectivity index is 1.83. The number of aromatic nitrogens is 4. The summed E-state index contributed by atoms with van der Waals surface area (Å²) in [6.07, 6.45) is -5.89. The van der Waals surface area contributed by atoms with E-state index in [1.54, 1.807) is 25.1 Å². The highest BCUT2D eigenvalue weighted by atomic mass is 19.4. The number of hydrogen-bond acceptors (Lipinski definition) is 6. The molecule has 4 rings (SSSR count). The number of nitrogen functional groups attached to an aromatic ring is 1. The molecular formula is C21H21F4N7O2. The molecule has 0 saturated carbocycles. The molecule has 0 spiro atoms. The minimum atomic E-state index is -5.03. The Morgan fingerprint density at radius 1 is 1.24 bits per heavy atom. The molecule has 0 saturated heterocycles. The summed E-state index contributed by atoms with van der Waals surface area (Å²) in [6.45, 7) is 3.20. The minimum Gasteiger partial charge on any atom is -0.383 e. The largest absolute Gasteiger partial charge is 0.422 e. The van der Waals surface area contributed by atoms with E-state index in [0.29, 0.717) is 17.8 Å². The quantitative estimate of drug-likeness (QED) is 0.380. The van der Waals surface area contributed by atoms with Crippen LogP contribution in [0, 0.1) is 6.92 Å². The van der Waals surface area contributed by atoms with Gasteiger partial charge < -0.3 is 16.8 Å². The zero-order valence-corrected chi connectivity index (χ0v) is 18.4. The summed E-state index contributed by atoms with van der Waals surface area (Å²) in [5.74, 6) is -1.87. The summed E-state index contributed by atoms with van der Waals surface area (Å²) in [6, 6.07) is 5.13. The Morgan fingerprint density at radius 2 is 1.91 bits per heavy atom. The molecule has 2 aromatic heterocycles. The highest BCUT2D eigenvalue weighted by Gasteiger charge is 2.52. The summed E-state index contributed by atoms with van der Waals surface area (Å²) in [5.41, 5.74) is 7.75. The summed E-state index contributed by atoms with van der Waals surface area (Å²) < 4.78 is 54.4. The molecular weight excluding hydrogens is 458 g/mol. The predicted octanol–water partition coefficient (Wildman–Crippen LogP) is 2.76. The number of nitrogens with one attached hydrogen (secondary N) is 1. The number of rotatable bonds is 5. The number of aryl methyl sites for hydroxylation is 2. The lowest BCUT2D eigenvalue weighted by molar-refractivity contribution is -0.226. The molecule has 0 aliphatic carbocycles. The van der Waals surface area contributed by atoms with Gasteiger partial charge in [-0.2, -0.15) is 18.3 Å². The minimum absolute atomic E-state index is 0.0167. The molecule has 5 N–H and O–H groups in total. The summed E-state index contributed by atoms with van der Waals surface area (Å²) in [5, 5.41) is 7.29. The van der Waals surface area contributed by atoms with Gasteiger partial charge in [-0.3, -0.25) is 14.3 Å². The van der Waals surface area contributed by atoms with Crippen LogP contribution >= 0.6 is 0 Å². The first-order valence-corrected chi connectivity index (χ1v) is 10.2. The van der Waals surface area contributed by atoms with E-state index < -0.39 is 35.5 Å². The first kappa shape index (κ1) is 23.4. The van der Waals surface area contributed by atoms with Crippen LogP contribution in [0.3, 0.4) is 0 Å². The topological polar surface area (TPSA) is 142 Å². The number of nitrogens with two attached hydrogens (primary N) is 2. The van der Waals surface area contributed by atoms with Crippen molar-refractivity contribution >= 4 is 34.4 Å². The van der Waals surface area contributed by atoms with E-state index >= 15 is 0 Å². The van der Waals surface area contributed by atoms with Gasteiger partial charge in [0.2, 0.25) is 17.5 Å². The van der Waals surface area contributed by atoms with Crippen LogP contribution in [0.1, 0.15) is 31.4 Å². The SMILES string of the molecule is Cc1ccc2c(-c3nc(N)c4c(n3)NC(=O)C4(C)C(N)=O)nn(CCC(C)(F)C(F)(F)F)c2c1. The van der Waals surface area contributed by atoms with Crippen molar-refractivity contribution < 1.29 is 27.2 Å². The van der Waals surface area contributed by atoms with E-state index in [4.69, 9.17) is 11.5 Å². The number of alkyl halides is 4. The standard InChI is InChI=1S/C21H21F4N7O2/c1-9-4-5-10-11(8-9)32(7-6-19(2,22)21(23,24)25)31-13(10)16-28-14(26)12-15(29-16)30-18(34)20(12,3)17(27)33/h4-5,8H,6-7H2,1-3H3,(H2,27,33)(H3,26,28,29,30,34). The van der Waals surface area contributed by atoms with Gasteiger partial charge in [0, 0.05) is 18.4 Å². The Hall–Kier alpha value is -3.77. The highest BCUT2D eigenvalue weighted by molar-refractivity contribution is 6.20. The summed E-state index contributed by atoms with van der Waals surface area (Å²) in [4.78, 5) is 32.9. The van der Waals surface area contributed by atoms with Gasteiger partial charge in [0.25, 0.3) is 0 Å². The molecule has 0 bridgehead atoms. The van der Waals surface area contributed by atoms with E-state index in [1.165, 1.54) is 11.6 Å². The van der Waals surface area contributed by atoms with Gasteiger partial charge in [-0.15, -0.1) is 0 Å². The zero-order chi connectivity index (χ0) is 25.2. The number of amides is 2. The van der Waals surface area contributed by atoms with E-state index in [2.05, 4.69) is 20.4 Å². The average Bonchev–Trinajstić information content (AvgIpc) is 3.21. The molecule has 9 nitrogen and oxygen atoms in total. The maximum atomic E-state index is 14.2. The monoisotopic (exact) mass is 479 g/mol. The van der Waals surface area contributed by atoms with E-state index in [0.717, 1.165) is 5.56 Å². The Morgan fingerprint density at radius 3 is 2.53 bits per heavy atom. The number of nitrogens with zero attached hydrogens (tertiary/aromatic N) is 4. The Labute approximate surface area is 190 Å². The van der Waals surface area contributed by atoms with E-state index in [1.807, 2.05) is 0 Å². The lowest BCUT2D eigenvalue weighted by atomic mass is 9.84. The Bertz CT molecular complexity index is 1350. The maximum absolute atomic E-state index is 14.2. The molecule has 1 aliphatic rings. The second-order valence-electron chi connectivity index (χ2n) is 8.64. The van der Waals surface area contributed by atoms with Gasteiger partial charge in [0.15, 0.2) is 11.2 Å². The molecule has 0 radical (unpaired) electrons. The molecule has 2 atom stereocenters. The smallest absolute Gasteiger partial charge is 0.383 e. The van der Waals surface area contributed by atoms with Crippen LogP contribution in [0.25, 0.3) is 22.4 Å². The van der Waals surface area contributed by atoms with E-state index in [-0.39, 0.29) is 35.3 Å². The number of carbonyl (C=O) groups excluding carboxylic acids is 2. The third kappa shape index (κ3) is 3.42. The molecule has 1 aliphatic heterocycles. The predicted molar refractivity (Wildman–Crippen MR) is 115 cm³/mol. The number of fused-ring (bicyclic) bond motifs is 2. The number of anilines is 2. The van der Waals surface area contributed by atoms with Gasteiger partial charge in [-0.05, 0) is 32.4 Å². The second kappa shape index (κ2) is 7.37. The van der Waals surface area contributed by atoms with Crippen molar-refractivity contribution in [2.45, 2.75) is 51.0 Å². The van der Waals surface area contributed by atoms with Crippen LogP contribution in [-0.4, -0.2) is 43.4 Å². The molecule has 180 valence electrons. The normalized spacial score (nSPS) is 19.7. The van der Waals surface area contributed by atoms with Gasteiger partial charge in [0.1, 0.15) is 17.3 Å². The molecule has 1 aromatic carbocycles. The summed E-state index contributed by atoms with van der Waals surface area (Å²) in [7, 11) is 0. The van der Waals surface area contributed by atoms with Gasteiger partial charge in [-0.25, -0.2) is 14.4 Å². The summed E-state index contributed by atoms with van der Waals surface area (Å²) >= 11 is 0. The van der Waals surface area contributed by atoms with Crippen molar-refractivity contribution in [3.63, 3.8) is 0 Å². The van der Waals surface area contributed by atoms with Crippen molar-refractivity contribution in [1.82, 2.24) is 19.7 Å². The molecule has 0 fully saturated rings. The fraction of sp³-hybridized carbons (Fsp3) is 0.381. The first-order chi connectivity index (χ1) is 15.7. The fourth-order valence-electron chi connectivity index (χ4n) is 3.83. The second-order valence-corrected chi connectivity index (χ2v) is 8.64. The molecule has 2 unspecified atom stereocenters. The number of primary amides is 1. The zero-order valence-electron chi connectivity index (χ0n) is 18.4. The van der Waals surface area contributed by atoms with Gasteiger partial charge >= 0.3 is 6.18 Å². The van der Waals surface area contributed by atoms with Crippen molar-refractivity contribution in [2.24, 2.45) is 5.73 Å². The molecule has 3 heterocycles. The van der Waals surface area contributed by atoms with Crippen molar-refractivity contribution in [1.29, 1.82) is 0 Å².